The summed E-state index contributed by atoms with van der Waals surface area (Å²) >= 11 is 1.53. The van der Waals surface area contributed by atoms with Crippen molar-refractivity contribution in [1.29, 1.82) is 0 Å². The van der Waals surface area contributed by atoms with Gasteiger partial charge in [-0.2, -0.15) is 0 Å². The van der Waals surface area contributed by atoms with Gasteiger partial charge < -0.3 is 20.5 Å². The quantitative estimate of drug-likeness (QED) is 0.216. The molecule has 194 valence electrons. The van der Waals surface area contributed by atoms with Gasteiger partial charge in [0.1, 0.15) is 23.0 Å². The maximum absolute atomic E-state index is 13.5. The lowest BCUT2D eigenvalue weighted by molar-refractivity contribution is 0.102. The van der Waals surface area contributed by atoms with E-state index in [1.807, 2.05) is 71.3 Å². The summed E-state index contributed by atoms with van der Waals surface area (Å²) in [6, 6.07) is 17.2. The maximum atomic E-state index is 13.5. The molecule has 2 heterocycles. The predicted octanol–water partition coefficient (Wildman–Crippen LogP) is 6.60. The van der Waals surface area contributed by atoms with Crippen LogP contribution in [0.25, 0.3) is 11.3 Å². The summed E-state index contributed by atoms with van der Waals surface area (Å²) in [6.45, 7) is 6.85. The second-order valence-corrected chi connectivity index (χ2v) is 9.33. The van der Waals surface area contributed by atoms with Crippen molar-refractivity contribution >= 4 is 34.9 Å². The normalized spacial score (nSPS) is 10.6. The van der Waals surface area contributed by atoms with Crippen LogP contribution in [-0.2, 0) is 0 Å². The Labute approximate surface area is 221 Å². The van der Waals surface area contributed by atoms with Crippen LogP contribution in [0.15, 0.2) is 72.0 Å². The van der Waals surface area contributed by atoms with Gasteiger partial charge in [0.25, 0.3) is 5.91 Å². The van der Waals surface area contributed by atoms with Crippen molar-refractivity contribution in [2.75, 3.05) is 37.0 Å². The number of benzene rings is 2. The molecule has 1 amide bonds. The molecule has 0 aliphatic carbocycles. The van der Waals surface area contributed by atoms with Gasteiger partial charge in [0.2, 0.25) is 0 Å². The van der Waals surface area contributed by atoms with E-state index < -0.39 is 0 Å². The Kier molecular flexibility index (Phi) is 10.2. The highest BCUT2D eigenvalue weighted by atomic mass is 32.2. The number of amides is 1. The van der Waals surface area contributed by atoms with Crippen molar-refractivity contribution in [3.63, 3.8) is 0 Å². The number of nitrogens with zero attached hydrogens (tertiary/aromatic N) is 3. The van der Waals surface area contributed by atoms with Gasteiger partial charge in [-0.1, -0.05) is 37.7 Å². The Hall–Kier alpha value is -3.69. The summed E-state index contributed by atoms with van der Waals surface area (Å²) in [6.07, 6.45) is 1.71. The van der Waals surface area contributed by atoms with Crippen molar-refractivity contribution in [3.8, 4) is 11.3 Å². The summed E-state index contributed by atoms with van der Waals surface area (Å²) in [5.74, 6) is 0.850. The lowest BCUT2D eigenvalue weighted by Crippen LogP contribution is -2.15. The molecule has 0 aliphatic heterocycles. The lowest BCUT2D eigenvalue weighted by Gasteiger charge is -2.12. The third-order valence-electron chi connectivity index (χ3n) is 5.23. The lowest BCUT2D eigenvalue weighted by atomic mass is 10.1. The topological polar surface area (TPSA) is 85.9 Å². The van der Waals surface area contributed by atoms with Gasteiger partial charge in [0.15, 0.2) is 5.16 Å². The molecule has 0 saturated heterocycles. The minimum atomic E-state index is -0.344. The Morgan fingerprint density at radius 3 is 2.51 bits per heavy atom. The van der Waals surface area contributed by atoms with Gasteiger partial charge in [-0.15, -0.1) is 0 Å². The molecule has 7 nitrogen and oxygen atoms in total. The minimum absolute atomic E-state index is 0.323. The molecule has 0 aliphatic rings. The molecule has 4 aromatic rings. The van der Waals surface area contributed by atoms with Crippen LogP contribution >= 0.6 is 11.8 Å². The Bertz CT molecular complexity index is 1290. The third kappa shape index (κ3) is 7.90. The molecule has 2 aromatic heterocycles. The van der Waals surface area contributed by atoms with Gasteiger partial charge in [-0.05, 0) is 75.1 Å². The SMILES string of the molecule is CC.Cc1ccc(NC(=O)c2[nH]c(SCCN(C)C)nc2-c2ccc(F)cc2)cc1Nc1ccccn1. The standard InChI is InChI=1S/C26H27FN6OS.C2H6/c1-17-7-12-20(16-21(17)30-22-6-4-5-13-28-22)29-25(34)24-23(18-8-10-19(27)11-9-18)31-26(32-24)35-15-14-33(2)3;1-2/h4-13,16H,14-15H2,1-3H3,(H,28,30)(H,29,34)(H,31,32);1-2H3. The number of imidazole rings is 1. The summed E-state index contributed by atoms with van der Waals surface area (Å²) in [7, 11) is 4.01. The number of carbonyl (C=O) groups excluding carboxylic acids is 1. The average molecular weight is 521 g/mol. The first-order chi connectivity index (χ1) is 17.9. The number of hydrogen-bond donors (Lipinski definition) is 3. The van der Waals surface area contributed by atoms with E-state index in [0.29, 0.717) is 33.6 Å². The van der Waals surface area contributed by atoms with Crippen LogP contribution in [-0.4, -0.2) is 52.2 Å². The molecule has 0 fully saturated rings. The number of carbonyl (C=O) groups is 1. The zero-order valence-corrected chi connectivity index (χ0v) is 22.6. The Morgan fingerprint density at radius 1 is 1.08 bits per heavy atom. The molecule has 0 bridgehead atoms. The largest absolute Gasteiger partial charge is 0.340 e. The molecular weight excluding hydrogens is 487 g/mol. The van der Waals surface area contributed by atoms with E-state index in [4.69, 9.17) is 0 Å². The van der Waals surface area contributed by atoms with E-state index in [-0.39, 0.29) is 11.7 Å². The van der Waals surface area contributed by atoms with E-state index in [1.165, 1.54) is 23.9 Å². The van der Waals surface area contributed by atoms with Crippen LogP contribution in [0.1, 0.15) is 29.9 Å². The molecule has 4 rings (SSSR count). The minimum Gasteiger partial charge on any atom is -0.340 e. The third-order valence-corrected chi connectivity index (χ3v) is 6.08. The smallest absolute Gasteiger partial charge is 0.274 e. The van der Waals surface area contributed by atoms with E-state index in [1.54, 1.807) is 18.3 Å². The molecule has 0 atom stereocenters. The van der Waals surface area contributed by atoms with E-state index in [2.05, 4.69) is 30.5 Å². The summed E-state index contributed by atoms with van der Waals surface area (Å²) in [4.78, 5) is 27.5. The number of aromatic amines is 1. The highest BCUT2D eigenvalue weighted by Crippen LogP contribution is 2.28. The fourth-order valence-electron chi connectivity index (χ4n) is 3.33. The number of halogens is 1. The van der Waals surface area contributed by atoms with Crippen LogP contribution < -0.4 is 10.6 Å². The summed E-state index contributed by atoms with van der Waals surface area (Å²) in [5, 5.41) is 6.87. The molecule has 3 N–H and O–H groups in total. The van der Waals surface area contributed by atoms with Gasteiger partial charge in [0.05, 0.1) is 0 Å². The van der Waals surface area contributed by atoms with Crippen LogP contribution in [0.2, 0.25) is 0 Å². The second kappa shape index (κ2) is 13.6. The monoisotopic (exact) mass is 520 g/mol. The van der Waals surface area contributed by atoms with Crippen LogP contribution in [0, 0.1) is 12.7 Å². The maximum Gasteiger partial charge on any atom is 0.274 e. The first-order valence-corrected chi connectivity index (χ1v) is 13.1. The zero-order chi connectivity index (χ0) is 26.8. The Morgan fingerprint density at radius 2 is 1.84 bits per heavy atom. The molecule has 0 saturated carbocycles. The second-order valence-electron chi connectivity index (χ2n) is 8.25. The molecule has 0 radical (unpaired) electrons. The van der Waals surface area contributed by atoms with E-state index >= 15 is 0 Å². The molecule has 0 unspecified atom stereocenters. The first kappa shape index (κ1) is 27.9. The highest BCUT2D eigenvalue weighted by molar-refractivity contribution is 7.99. The van der Waals surface area contributed by atoms with Gasteiger partial charge in [-0.25, -0.2) is 14.4 Å². The van der Waals surface area contributed by atoms with Crippen molar-refractivity contribution in [3.05, 3.63) is 83.9 Å². The Balaban J connectivity index is 0.00000186. The van der Waals surface area contributed by atoms with Crippen molar-refractivity contribution in [1.82, 2.24) is 19.9 Å². The fourth-order valence-corrected chi connectivity index (χ4v) is 4.31. The summed E-state index contributed by atoms with van der Waals surface area (Å²) < 4.78 is 13.5. The van der Waals surface area contributed by atoms with Gasteiger partial charge in [-0.3, -0.25) is 4.79 Å². The number of pyridine rings is 1. The molecule has 9 heteroatoms. The van der Waals surface area contributed by atoms with E-state index in [9.17, 15) is 9.18 Å². The molecule has 37 heavy (non-hydrogen) atoms. The highest BCUT2D eigenvalue weighted by Gasteiger charge is 2.20. The number of rotatable bonds is 9. The average Bonchev–Trinajstić information content (AvgIpc) is 3.32. The number of anilines is 3. The van der Waals surface area contributed by atoms with Crippen LogP contribution in [0.4, 0.5) is 21.6 Å². The zero-order valence-electron chi connectivity index (χ0n) is 21.8. The predicted molar refractivity (Wildman–Crippen MR) is 151 cm³/mol. The number of thioether (sulfide) groups is 1. The number of aryl methyl sites for hydroxylation is 1. The number of nitrogens with one attached hydrogen (secondary N) is 3. The van der Waals surface area contributed by atoms with Crippen LogP contribution in [0.5, 0.6) is 0 Å². The number of hydrogen-bond acceptors (Lipinski definition) is 6. The number of aromatic nitrogens is 3. The van der Waals surface area contributed by atoms with Gasteiger partial charge in [0, 0.05) is 35.4 Å². The van der Waals surface area contributed by atoms with Crippen molar-refractivity contribution in [2.45, 2.75) is 25.9 Å². The first-order valence-electron chi connectivity index (χ1n) is 12.1. The molecule has 0 spiro atoms. The van der Waals surface area contributed by atoms with Crippen molar-refractivity contribution < 1.29 is 9.18 Å². The van der Waals surface area contributed by atoms with Gasteiger partial charge >= 0.3 is 0 Å². The van der Waals surface area contributed by atoms with Crippen LogP contribution in [0.3, 0.4) is 0 Å². The fraction of sp³-hybridized carbons (Fsp3) is 0.250. The number of H-pyrrole nitrogens is 1. The van der Waals surface area contributed by atoms with E-state index in [0.717, 1.165) is 23.5 Å². The van der Waals surface area contributed by atoms with Crippen molar-refractivity contribution in [2.24, 2.45) is 0 Å². The molecule has 2 aromatic carbocycles. The molecular formula is C28H33FN6OS. The summed E-state index contributed by atoms with van der Waals surface area (Å²) in [5.41, 5.74) is 3.94.